The van der Waals surface area contributed by atoms with Crippen LogP contribution in [0.4, 0.5) is 0 Å². The molecule has 0 spiro atoms. The molecule has 0 amide bonds. The van der Waals surface area contributed by atoms with Gasteiger partial charge in [-0.25, -0.2) is 0 Å². The largest absolute Gasteiger partial charge is 0.458 e. The third-order valence-electron chi connectivity index (χ3n) is 8.45. The number of aliphatic hydroxyl groups excluding tert-OH is 1. The highest BCUT2D eigenvalue weighted by atomic mass is 16.5. The van der Waals surface area contributed by atoms with Crippen molar-refractivity contribution in [3.8, 4) is 0 Å². The lowest BCUT2D eigenvalue weighted by molar-refractivity contribution is -0.149. The molecule has 2 saturated carbocycles. The summed E-state index contributed by atoms with van der Waals surface area (Å²) in [5, 5.41) is 10.1. The fourth-order valence-electron chi connectivity index (χ4n) is 7.18. The van der Waals surface area contributed by atoms with Crippen molar-refractivity contribution >= 4 is 17.5 Å². The fourth-order valence-corrected chi connectivity index (χ4v) is 7.18. The standard InChI is InChI=1S/C25H32O5/c1-14-9-18-19(24(3)7-5-17(28)11-20(14)24)6-8-25(4)21(18)10-16(12-26)23(25)22(29)13-30-15(2)27/h5-7,11,14,16,18,21,23,26H,8-10,12-13H2,1-4H3/t14-,16+,18+,21-,23+,24+,25-/m0/s1. The van der Waals surface area contributed by atoms with E-state index >= 15 is 0 Å². The molecule has 4 rings (SSSR count). The Morgan fingerprint density at radius 2 is 1.97 bits per heavy atom. The molecule has 0 aromatic carbocycles. The van der Waals surface area contributed by atoms with Crippen LogP contribution in [-0.4, -0.2) is 35.9 Å². The summed E-state index contributed by atoms with van der Waals surface area (Å²) in [5.41, 5.74) is 2.05. The molecule has 0 heterocycles. The Hall–Kier alpha value is -2.01. The minimum Gasteiger partial charge on any atom is -0.458 e. The predicted molar refractivity (Wildman–Crippen MR) is 112 cm³/mol. The van der Waals surface area contributed by atoms with Gasteiger partial charge in [-0.15, -0.1) is 0 Å². The second-order valence-corrected chi connectivity index (χ2v) is 10.2. The number of hydrogen-bond donors (Lipinski definition) is 1. The normalized spacial score (nSPS) is 41.9. The van der Waals surface area contributed by atoms with E-state index in [4.69, 9.17) is 4.74 Å². The van der Waals surface area contributed by atoms with Gasteiger partial charge in [0.2, 0.25) is 0 Å². The Bertz CT molecular complexity index is 880. The maximum absolute atomic E-state index is 13.1. The van der Waals surface area contributed by atoms with Gasteiger partial charge in [0.15, 0.2) is 11.6 Å². The molecule has 0 aliphatic heterocycles. The number of allylic oxidation sites excluding steroid dienone is 6. The minimum absolute atomic E-state index is 0.0308. The molecule has 30 heavy (non-hydrogen) atoms. The molecule has 0 aromatic heterocycles. The van der Waals surface area contributed by atoms with Crippen LogP contribution in [-0.2, 0) is 19.1 Å². The van der Waals surface area contributed by atoms with Crippen LogP contribution in [0.25, 0.3) is 0 Å². The zero-order valence-electron chi connectivity index (χ0n) is 18.3. The molecular weight excluding hydrogens is 380 g/mol. The highest BCUT2D eigenvalue weighted by molar-refractivity contribution is 6.01. The highest BCUT2D eigenvalue weighted by Gasteiger charge is 2.60. The van der Waals surface area contributed by atoms with E-state index in [1.165, 1.54) is 18.1 Å². The van der Waals surface area contributed by atoms with E-state index in [1.807, 2.05) is 6.08 Å². The molecular formula is C25H32O5. The van der Waals surface area contributed by atoms with Gasteiger partial charge in [-0.2, -0.15) is 0 Å². The number of esters is 1. The minimum atomic E-state index is -0.457. The Labute approximate surface area is 178 Å². The van der Waals surface area contributed by atoms with Crippen molar-refractivity contribution in [1.29, 1.82) is 0 Å². The number of hydrogen-bond acceptors (Lipinski definition) is 5. The Kier molecular flexibility index (Phi) is 5.16. The first-order chi connectivity index (χ1) is 14.1. The third-order valence-corrected chi connectivity index (χ3v) is 8.45. The lowest BCUT2D eigenvalue weighted by Gasteiger charge is -2.54. The van der Waals surface area contributed by atoms with Gasteiger partial charge in [0.05, 0.1) is 0 Å². The van der Waals surface area contributed by atoms with Crippen molar-refractivity contribution in [1.82, 2.24) is 0 Å². The molecule has 0 bridgehead atoms. The summed E-state index contributed by atoms with van der Waals surface area (Å²) in [5.74, 6) is -0.00548. The Morgan fingerprint density at radius 1 is 1.23 bits per heavy atom. The third kappa shape index (κ3) is 3.05. The van der Waals surface area contributed by atoms with Crippen LogP contribution in [0.3, 0.4) is 0 Å². The molecule has 5 heteroatoms. The van der Waals surface area contributed by atoms with Crippen molar-refractivity contribution in [2.24, 2.45) is 40.4 Å². The monoisotopic (exact) mass is 412 g/mol. The van der Waals surface area contributed by atoms with Crippen LogP contribution >= 0.6 is 0 Å². The van der Waals surface area contributed by atoms with Crippen molar-refractivity contribution < 1.29 is 24.2 Å². The van der Waals surface area contributed by atoms with E-state index in [2.05, 4.69) is 32.9 Å². The average molecular weight is 413 g/mol. The predicted octanol–water partition coefficient (Wildman–Crippen LogP) is 3.43. The molecule has 5 nitrogen and oxygen atoms in total. The maximum atomic E-state index is 13.1. The Balaban J connectivity index is 1.71. The van der Waals surface area contributed by atoms with Crippen LogP contribution in [0.1, 0.15) is 47.0 Å². The summed E-state index contributed by atoms with van der Waals surface area (Å²) in [4.78, 5) is 36.3. The SMILES string of the molecule is CC(=O)OCC(=O)[C@H]1[C@@H](CO)C[C@H]2[C@@H]3C[C@H](C)C4=CC(=O)C=C[C@]4(C)C3=CC[C@@]21C. The number of carbonyl (C=O) groups excluding carboxylic acids is 3. The van der Waals surface area contributed by atoms with Crippen LogP contribution in [0.5, 0.6) is 0 Å². The van der Waals surface area contributed by atoms with E-state index in [0.29, 0.717) is 5.92 Å². The molecule has 2 fully saturated rings. The van der Waals surface area contributed by atoms with Gasteiger partial charge < -0.3 is 9.84 Å². The number of aliphatic hydroxyl groups is 1. The first-order valence-electron chi connectivity index (χ1n) is 11.0. The van der Waals surface area contributed by atoms with Crippen molar-refractivity contribution in [3.05, 3.63) is 35.5 Å². The van der Waals surface area contributed by atoms with Gasteiger partial charge >= 0.3 is 5.97 Å². The first-order valence-corrected chi connectivity index (χ1v) is 11.0. The highest BCUT2D eigenvalue weighted by Crippen LogP contribution is 2.65. The molecule has 4 aliphatic rings. The number of carbonyl (C=O) groups is 3. The summed E-state index contributed by atoms with van der Waals surface area (Å²) in [6.07, 6.45) is 10.4. The second-order valence-electron chi connectivity index (χ2n) is 10.2. The van der Waals surface area contributed by atoms with E-state index < -0.39 is 5.97 Å². The van der Waals surface area contributed by atoms with Crippen LogP contribution < -0.4 is 0 Å². The average Bonchev–Trinajstić information content (AvgIpc) is 3.00. The lowest BCUT2D eigenvalue weighted by Crippen LogP contribution is -2.47. The molecule has 0 radical (unpaired) electrons. The summed E-state index contributed by atoms with van der Waals surface area (Å²) in [7, 11) is 0. The van der Waals surface area contributed by atoms with E-state index in [-0.39, 0.29) is 59.3 Å². The van der Waals surface area contributed by atoms with Crippen molar-refractivity contribution in [3.63, 3.8) is 0 Å². The van der Waals surface area contributed by atoms with Crippen molar-refractivity contribution in [2.75, 3.05) is 13.2 Å². The Morgan fingerprint density at radius 3 is 2.63 bits per heavy atom. The number of ether oxygens (including phenoxy) is 1. The lowest BCUT2D eigenvalue weighted by atomic mass is 9.50. The number of Topliss-reactive ketones (excluding diaryl/α,β-unsaturated/α-hetero) is 1. The van der Waals surface area contributed by atoms with Crippen molar-refractivity contribution in [2.45, 2.75) is 47.0 Å². The van der Waals surface area contributed by atoms with Gasteiger partial charge in [0.1, 0.15) is 6.61 Å². The maximum Gasteiger partial charge on any atom is 0.303 e. The number of ketones is 2. The number of rotatable bonds is 4. The van der Waals surface area contributed by atoms with Gasteiger partial charge in [-0.1, -0.05) is 31.6 Å². The van der Waals surface area contributed by atoms with Crippen LogP contribution in [0, 0.1) is 40.4 Å². The molecule has 0 aromatic rings. The fraction of sp³-hybridized carbons (Fsp3) is 0.640. The van der Waals surface area contributed by atoms with E-state index in [0.717, 1.165) is 19.3 Å². The zero-order chi connectivity index (χ0) is 21.8. The van der Waals surface area contributed by atoms with Crippen LogP contribution in [0.2, 0.25) is 0 Å². The summed E-state index contributed by atoms with van der Waals surface area (Å²) >= 11 is 0. The molecule has 0 saturated heterocycles. The quantitative estimate of drug-likeness (QED) is 0.565. The topological polar surface area (TPSA) is 80.7 Å². The molecule has 0 unspecified atom stereocenters. The molecule has 7 atom stereocenters. The molecule has 1 N–H and O–H groups in total. The van der Waals surface area contributed by atoms with E-state index in [1.54, 1.807) is 6.08 Å². The summed E-state index contributed by atoms with van der Waals surface area (Å²) in [6.45, 7) is 7.64. The van der Waals surface area contributed by atoms with Crippen LogP contribution in [0.15, 0.2) is 35.5 Å². The van der Waals surface area contributed by atoms with Gasteiger partial charge in [-0.3, -0.25) is 14.4 Å². The molecule has 4 aliphatic carbocycles. The smallest absolute Gasteiger partial charge is 0.303 e. The van der Waals surface area contributed by atoms with Gasteiger partial charge in [-0.05, 0) is 73.0 Å². The molecule has 162 valence electrons. The van der Waals surface area contributed by atoms with E-state index in [9.17, 15) is 19.5 Å². The second kappa shape index (κ2) is 7.30. The summed E-state index contributed by atoms with van der Waals surface area (Å²) in [6, 6.07) is 0. The summed E-state index contributed by atoms with van der Waals surface area (Å²) < 4.78 is 5.02. The zero-order valence-corrected chi connectivity index (χ0v) is 18.3. The number of fused-ring (bicyclic) bond motifs is 5. The first kappa shape index (κ1) is 21.2. The van der Waals surface area contributed by atoms with Gasteiger partial charge in [0.25, 0.3) is 0 Å². The van der Waals surface area contributed by atoms with Gasteiger partial charge in [0, 0.05) is 24.9 Å².